The third-order valence-electron chi connectivity index (χ3n) is 7.36. The van der Waals surface area contributed by atoms with Crippen molar-refractivity contribution in [2.75, 3.05) is 18.0 Å². The summed E-state index contributed by atoms with van der Waals surface area (Å²) in [5.41, 5.74) is 0.611. The van der Waals surface area contributed by atoms with Crippen LogP contribution in [0.1, 0.15) is 60.0 Å². The number of alkyl halides is 3. The summed E-state index contributed by atoms with van der Waals surface area (Å²) < 4.78 is 44.8. The first-order valence-electron chi connectivity index (χ1n) is 11.7. The number of halogens is 3. The van der Waals surface area contributed by atoms with Crippen LogP contribution in [-0.2, 0) is 21.3 Å². The minimum Gasteiger partial charge on any atom is -0.450 e. The van der Waals surface area contributed by atoms with E-state index < -0.39 is 17.3 Å². The second kappa shape index (κ2) is 8.60. The van der Waals surface area contributed by atoms with Crippen molar-refractivity contribution in [3.63, 3.8) is 0 Å². The quantitative estimate of drug-likeness (QED) is 0.668. The number of rotatable bonds is 3. The van der Waals surface area contributed by atoms with Crippen LogP contribution in [0.3, 0.4) is 0 Å². The molecular formula is C25H26F3N3O3. The molecule has 180 valence electrons. The van der Waals surface area contributed by atoms with Crippen LogP contribution >= 0.6 is 0 Å². The Labute approximate surface area is 195 Å². The monoisotopic (exact) mass is 473 g/mol. The molecule has 5 rings (SSSR count). The Hall–Kier alpha value is -3.10. The van der Waals surface area contributed by atoms with Crippen LogP contribution in [0.4, 0.5) is 18.9 Å². The number of pyridine rings is 1. The van der Waals surface area contributed by atoms with Crippen LogP contribution in [0.5, 0.6) is 0 Å². The van der Waals surface area contributed by atoms with Gasteiger partial charge in [0.2, 0.25) is 5.91 Å². The number of nitrogens with zero attached hydrogens (tertiary/aromatic N) is 2. The lowest BCUT2D eigenvalue weighted by Gasteiger charge is -2.37. The highest BCUT2D eigenvalue weighted by Gasteiger charge is 2.48. The molecule has 0 atom stereocenters. The summed E-state index contributed by atoms with van der Waals surface area (Å²) in [6.07, 6.45) is 2.68. The SMILES string of the molecule is O=C1OC2(CCC(C(=O)NC3CCN(c4cccc(C(F)(F)F)c4)CC3)CC2)c2cnccc21. The van der Waals surface area contributed by atoms with Crippen molar-refractivity contribution in [3.05, 3.63) is 59.4 Å². The molecule has 1 saturated heterocycles. The number of benzene rings is 1. The van der Waals surface area contributed by atoms with E-state index in [9.17, 15) is 22.8 Å². The summed E-state index contributed by atoms with van der Waals surface area (Å²) in [5.74, 6) is -0.470. The molecule has 1 aromatic heterocycles. The molecule has 0 unspecified atom stereocenters. The van der Waals surface area contributed by atoms with E-state index in [4.69, 9.17) is 4.74 Å². The van der Waals surface area contributed by atoms with Crippen LogP contribution in [0.2, 0.25) is 0 Å². The van der Waals surface area contributed by atoms with E-state index in [1.807, 2.05) is 4.90 Å². The number of anilines is 1. The molecule has 3 heterocycles. The number of fused-ring (bicyclic) bond motifs is 2. The van der Waals surface area contributed by atoms with Gasteiger partial charge in [0.15, 0.2) is 0 Å². The average Bonchev–Trinajstić information content (AvgIpc) is 3.11. The summed E-state index contributed by atoms with van der Waals surface area (Å²) in [7, 11) is 0. The van der Waals surface area contributed by atoms with Gasteiger partial charge >= 0.3 is 12.1 Å². The zero-order chi connectivity index (χ0) is 23.9. The molecule has 2 aliphatic heterocycles. The molecular weight excluding hydrogens is 447 g/mol. The number of esters is 1. The summed E-state index contributed by atoms with van der Waals surface area (Å²) >= 11 is 0. The topological polar surface area (TPSA) is 71.5 Å². The molecule has 34 heavy (non-hydrogen) atoms. The summed E-state index contributed by atoms with van der Waals surface area (Å²) in [5, 5.41) is 3.14. The van der Waals surface area contributed by atoms with E-state index in [2.05, 4.69) is 10.3 Å². The van der Waals surface area contributed by atoms with Gasteiger partial charge in [0.05, 0.1) is 11.1 Å². The van der Waals surface area contributed by atoms with Crippen molar-refractivity contribution in [2.24, 2.45) is 5.92 Å². The molecule has 2 fully saturated rings. The van der Waals surface area contributed by atoms with Crippen LogP contribution in [0.25, 0.3) is 0 Å². The number of piperidine rings is 1. The minimum atomic E-state index is -4.36. The number of carbonyl (C=O) groups excluding carboxylic acids is 2. The van der Waals surface area contributed by atoms with E-state index in [-0.39, 0.29) is 23.8 Å². The molecule has 1 aliphatic carbocycles. The van der Waals surface area contributed by atoms with Crippen molar-refractivity contribution >= 4 is 17.6 Å². The Morgan fingerprint density at radius 2 is 1.85 bits per heavy atom. The Bertz CT molecular complexity index is 1090. The van der Waals surface area contributed by atoms with E-state index in [0.717, 1.165) is 11.6 Å². The van der Waals surface area contributed by atoms with Gasteiger partial charge in [-0.15, -0.1) is 0 Å². The number of hydrogen-bond acceptors (Lipinski definition) is 5. The highest BCUT2D eigenvalue weighted by molar-refractivity contribution is 5.94. The normalized spacial score (nSPS) is 25.2. The third-order valence-corrected chi connectivity index (χ3v) is 7.36. The molecule has 1 saturated carbocycles. The zero-order valence-corrected chi connectivity index (χ0v) is 18.6. The number of ether oxygens (including phenoxy) is 1. The number of carbonyl (C=O) groups is 2. The Morgan fingerprint density at radius 3 is 2.56 bits per heavy atom. The van der Waals surface area contributed by atoms with Crippen LogP contribution in [0, 0.1) is 5.92 Å². The third kappa shape index (κ3) is 4.23. The van der Waals surface area contributed by atoms with Gasteiger partial charge in [-0.1, -0.05) is 6.07 Å². The molecule has 1 amide bonds. The minimum absolute atomic E-state index is 0.000306. The largest absolute Gasteiger partial charge is 0.450 e. The Morgan fingerprint density at radius 1 is 1.12 bits per heavy atom. The van der Waals surface area contributed by atoms with Crippen molar-refractivity contribution < 1.29 is 27.5 Å². The van der Waals surface area contributed by atoms with E-state index in [1.165, 1.54) is 12.1 Å². The molecule has 0 radical (unpaired) electrons. The first kappa shape index (κ1) is 22.7. The van der Waals surface area contributed by atoms with Gasteiger partial charge in [-0.2, -0.15) is 13.2 Å². The zero-order valence-electron chi connectivity index (χ0n) is 18.6. The van der Waals surface area contributed by atoms with E-state index in [1.54, 1.807) is 24.5 Å². The van der Waals surface area contributed by atoms with Gasteiger partial charge in [-0.3, -0.25) is 9.78 Å². The second-order valence-electron chi connectivity index (χ2n) is 9.40. The molecule has 1 spiro atoms. The molecule has 9 heteroatoms. The van der Waals surface area contributed by atoms with Crippen molar-refractivity contribution in [3.8, 4) is 0 Å². The molecule has 6 nitrogen and oxygen atoms in total. The van der Waals surface area contributed by atoms with Crippen molar-refractivity contribution in [2.45, 2.75) is 56.3 Å². The fourth-order valence-electron chi connectivity index (χ4n) is 5.42. The van der Waals surface area contributed by atoms with E-state index >= 15 is 0 Å². The van der Waals surface area contributed by atoms with Gasteiger partial charge in [0.25, 0.3) is 0 Å². The maximum atomic E-state index is 13.0. The molecule has 1 aromatic carbocycles. The maximum absolute atomic E-state index is 13.0. The molecule has 3 aliphatic rings. The first-order chi connectivity index (χ1) is 16.2. The number of amides is 1. The summed E-state index contributed by atoms with van der Waals surface area (Å²) in [6.45, 7) is 1.17. The maximum Gasteiger partial charge on any atom is 0.416 e. The fourth-order valence-corrected chi connectivity index (χ4v) is 5.42. The van der Waals surface area contributed by atoms with Gasteiger partial charge in [0.1, 0.15) is 5.60 Å². The Balaban J connectivity index is 1.14. The number of hydrogen-bond donors (Lipinski definition) is 1. The highest BCUT2D eigenvalue weighted by Crippen LogP contribution is 2.47. The fraction of sp³-hybridized carbons (Fsp3) is 0.480. The predicted octanol–water partition coefficient (Wildman–Crippen LogP) is 4.44. The number of nitrogens with one attached hydrogen (secondary N) is 1. The van der Waals surface area contributed by atoms with Gasteiger partial charge in [-0.25, -0.2) is 4.79 Å². The predicted molar refractivity (Wildman–Crippen MR) is 118 cm³/mol. The van der Waals surface area contributed by atoms with Crippen LogP contribution < -0.4 is 10.2 Å². The second-order valence-corrected chi connectivity index (χ2v) is 9.40. The summed E-state index contributed by atoms with van der Waals surface area (Å²) in [6, 6.07) is 7.05. The highest BCUT2D eigenvalue weighted by atomic mass is 19.4. The van der Waals surface area contributed by atoms with Crippen molar-refractivity contribution in [1.29, 1.82) is 0 Å². The molecule has 0 bridgehead atoms. The average molecular weight is 473 g/mol. The van der Waals surface area contributed by atoms with E-state index in [0.29, 0.717) is 62.9 Å². The van der Waals surface area contributed by atoms with Gasteiger partial charge < -0.3 is 15.0 Å². The van der Waals surface area contributed by atoms with Gasteiger partial charge in [-0.05, 0) is 62.8 Å². The lowest BCUT2D eigenvalue weighted by Crippen LogP contribution is -2.47. The van der Waals surface area contributed by atoms with Crippen LogP contribution in [0.15, 0.2) is 42.7 Å². The van der Waals surface area contributed by atoms with Crippen molar-refractivity contribution in [1.82, 2.24) is 10.3 Å². The molecule has 1 N–H and O–H groups in total. The number of aromatic nitrogens is 1. The Kier molecular flexibility index (Phi) is 5.73. The summed E-state index contributed by atoms with van der Waals surface area (Å²) in [4.78, 5) is 31.2. The van der Waals surface area contributed by atoms with Gasteiger partial charge in [0, 0.05) is 48.7 Å². The molecule has 2 aromatic rings. The smallest absolute Gasteiger partial charge is 0.416 e. The first-order valence-corrected chi connectivity index (χ1v) is 11.7. The lowest BCUT2D eigenvalue weighted by molar-refractivity contribution is -0.137. The lowest BCUT2D eigenvalue weighted by atomic mass is 9.75. The van der Waals surface area contributed by atoms with Crippen LogP contribution in [-0.4, -0.2) is 36.0 Å². The standard InChI is InChI=1S/C25H26F3N3O3/c26-25(27,28)17-2-1-3-19(14-17)31-12-7-18(8-13-31)30-22(32)16-4-9-24(10-5-16)21-15-29-11-6-20(21)23(33)34-24/h1-3,6,11,14-16,18H,4-5,7-10,12-13H2,(H,30,32).